The van der Waals surface area contributed by atoms with E-state index in [0.717, 1.165) is 5.75 Å². The standard InChI is InChI=1S/C17H17NO3S/c19-17(18-8-11-22-14-4-2-1-3-5-14)13-6-7-15-16(12-13)21-10-9-20-15/h1-7,12H,8-11H2,(H,18,19). The van der Waals surface area contributed by atoms with E-state index in [0.29, 0.717) is 36.8 Å². The third-order valence-electron chi connectivity index (χ3n) is 3.20. The molecular weight excluding hydrogens is 298 g/mol. The lowest BCUT2D eigenvalue weighted by Crippen LogP contribution is -2.26. The smallest absolute Gasteiger partial charge is 0.251 e. The number of nitrogens with one attached hydrogen (secondary N) is 1. The van der Waals surface area contributed by atoms with Gasteiger partial charge in [0.1, 0.15) is 13.2 Å². The Balaban J connectivity index is 1.49. The first kappa shape index (κ1) is 14.8. The molecule has 0 radical (unpaired) electrons. The Kier molecular flexibility index (Phi) is 4.85. The van der Waals surface area contributed by atoms with E-state index in [-0.39, 0.29) is 5.91 Å². The van der Waals surface area contributed by atoms with Gasteiger partial charge in [0.15, 0.2) is 11.5 Å². The molecule has 5 heteroatoms. The first-order chi connectivity index (χ1) is 10.8. The number of thioether (sulfide) groups is 1. The Morgan fingerprint density at radius 2 is 1.82 bits per heavy atom. The summed E-state index contributed by atoms with van der Waals surface area (Å²) in [6.07, 6.45) is 0. The first-order valence-corrected chi connectivity index (χ1v) is 8.17. The molecule has 1 amide bonds. The molecule has 0 saturated carbocycles. The van der Waals surface area contributed by atoms with Gasteiger partial charge < -0.3 is 14.8 Å². The van der Waals surface area contributed by atoms with Crippen molar-refractivity contribution in [3.63, 3.8) is 0 Å². The highest BCUT2D eigenvalue weighted by atomic mass is 32.2. The monoisotopic (exact) mass is 315 g/mol. The normalized spacial score (nSPS) is 12.7. The van der Waals surface area contributed by atoms with Crippen molar-refractivity contribution < 1.29 is 14.3 Å². The summed E-state index contributed by atoms with van der Waals surface area (Å²) in [6, 6.07) is 15.4. The maximum Gasteiger partial charge on any atom is 0.251 e. The molecule has 0 unspecified atom stereocenters. The number of carbonyl (C=O) groups excluding carboxylic acids is 1. The summed E-state index contributed by atoms with van der Waals surface area (Å²) in [5.74, 6) is 2.07. The summed E-state index contributed by atoms with van der Waals surface area (Å²) in [5, 5.41) is 2.92. The Labute approximate surface area is 133 Å². The fourth-order valence-corrected chi connectivity index (χ4v) is 2.93. The lowest BCUT2D eigenvalue weighted by atomic mass is 10.2. The van der Waals surface area contributed by atoms with Gasteiger partial charge in [-0.05, 0) is 30.3 Å². The number of benzene rings is 2. The second-order valence-corrected chi connectivity index (χ2v) is 5.94. The molecule has 0 bridgehead atoms. The molecular formula is C17H17NO3S. The molecule has 1 aliphatic heterocycles. The minimum Gasteiger partial charge on any atom is -0.486 e. The topological polar surface area (TPSA) is 47.6 Å². The molecule has 22 heavy (non-hydrogen) atoms. The molecule has 1 heterocycles. The second kappa shape index (κ2) is 7.22. The highest BCUT2D eigenvalue weighted by Gasteiger charge is 2.14. The average molecular weight is 315 g/mol. The van der Waals surface area contributed by atoms with Crippen LogP contribution in [-0.2, 0) is 0 Å². The van der Waals surface area contributed by atoms with Gasteiger partial charge in [-0.3, -0.25) is 4.79 Å². The largest absolute Gasteiger partial charge is 0.486 e. The minimum absolute atomic E-state index is 0.0920. The molecule has 0 atom stereocenters. The minimum atomic E-state index is -0.0920. The maximum atomic E-state index is 12.1. The molecule has 0 saturated heterocycles. The van der Waals surface area contributed by atoms with Gasteiger partial charge in [-0.15, -0.1) is 11.8 Å². The maximum absolute atomic E-state index is 12.1. The van der Waals surface area contributed by atoms with Crippen molar-refractivity contribution in [2.24, 2.45) is 0 Å². The van der Waals surface area contributed by atoms with E-state index in [1.807, 2.05) is 18.2 Å². The Hall–Kier alpha value is -2.14. The van der Waals surface area contributed by atoms with E-state index in [1.54, 1.807) is 30.0 Å². The third kappa shape index (κ3) is 3.74. The molecule has 0 spiro atoms. The number of ether oxygens (including phenoxy) is 2. The van der Waals surface area contributed by atoms with Gasteiger partial charge >= 0.3 is 0 Å². The van der Waals surface area contributed by atoms with Gasteiger partial charge in [-0.1, -0.05) is 18.2 Å². The molecule has 1 aliphatic rings. The van der Waals surface area contributed by atoms with Crippen molar-refractivity contribution in [1.82, 2.24) is 5.32 Å². The van der Waals surface area contributed by atoms with E-state index in [4.69, 9.17) is 9.47 Å². The van der Waals surface area contributed by atoms with Gasteiger partial charge in [0.2, 0.25) is 0 Å². The van der Waals surface area contributed by atoms with Crippen LogP contribution < -0.4 is 14.8 Å². The molecule has 0 aliphatic carbocycles. The zero-order valence-corrected chi connectivity index (χ0v) is 12.9. The van der Waals surface area contributed by atoms with Crippen LogP contribution in [0.1, 0.15) is 10.4 Å². The van der Waals surface area contributed by atoms with Crippen molar-refractivity contribution in [2.75, 3.05) is 25.5 Å². The van der Waals surface area contributed by atoms with Gasteiger partial charge in [-0.25, -0.2) is 0 Å². The van der Waals surface area contributed by atoms with E-state index in [1.165, 1.54) is 4.90 Å². The van der Waals surface area contributed by atoms with Crippen molar-refractivity contribution in [2.45, 2.75) is 4.90 Å². The number of hydrogen-bond donors (Lipinski definition) is 1. The van der Waals surface area contributed by atoms with E-state index < -0.39 is 0 Å². The highest BCUT2D eigenvalue weighted by Crippen LogP contribution is 2.30. The Morgan fingerprint density at radius 1 is 1.05 bits per heavy atom. The zero-order chi connectivity index (χ0) is 15.2. The number of carbonyl (C=O) groups is 1. The molecule has 2 aromatic rings. The van der Waals surface area contributed by atoms with Gasteiger partial charge in [0, 0.05) is 22.8 Å². The van der Waals surface area contributed by atoms with Crippen LogP contribution in [0.3, 0.4) is 0 Å². The average Bonchev–Trinajstić information content (AvgIpc) is 2.59. The molecule has 4 nitrogen and oxygen atoms in total. The predicted molar refractivity (Wildman–Crippen MR) is 86.9 cm³/mol. The lowest BCUT2D eigenvalue weighted by molar-refractivity contribution is 0.0955. The summed E-state index contributed by atoms with van der Waals surface area (Å²) >= 11 is 1.72. The number of hydrogen-bond acceptors (Lipinski definition) is 4. The van der Waals surface area contributed by atoms with Crippen molar-refractivity contribution >= 4 is 17.7 Å². The third-order valence-corrected chi connectivity index (χ3v) is 4.22. The fourth-order valence-electron chi connectivity index (χ4n) is 2.14. The van der Waals surface area contributed by atoms with Crippen LogP contribution >= 0.6 is 11.8 Å². The summed E-state index contributed by atoms with van der Waals surface area (Å²) < 4.78 is 10.9. The Morgan fingerprint density at radius 3 is 2.64 bits per heavy atom. The van der Waals surface area contributed by atoms with Crippen LogP contribution in [-0.4, -0.2) is 31.4 Å². The van der Waals surface area contributed by atoms with Crippen LogP contribution in [0, 0.1) is 0 Å². The van der Waals surface area contributed by atoms with Crippen LogP contribution in [0.25, 0.3) is 0 Å². The molecule has 0 aromatic heterocycles. The van der Waals surface area contributed by atoms with Gasteiger partial charge in [0.25, 0.3) is 5.91 Å². The van der Waals surface area contributed by atoms with Crippen molar-refractivity contribution in [1.29, 1.82) is 0 Å². The SMILES string of the molecule is O=C(NCCSc1ccccc1)c1ccc2c(c1)OCCO2. The Bertz CT molecular complexity index is 646. The predicted octanol–water partition coefficient (Wildman–Crippen LogP) is 2.98. The quantitative estimate of drug-likeness (QED) is 0.681. The molecule has 0 fully saturated rings. The van der Waals surface area contributed by atoms with E-state index >= 15 is 0 Å². The second-order valence-electron chi connectivity index (χ2n) is 4.78. The van der Waals surface area contributed by atoms with Crippen LogP contribution in [0.15, 0.2) is 53.4 Å². The van der Waals surface area contributed by atoms with E-state index in [2.05, 4.69) is 17.4 Å². The zero-order valence-electron chi connectivity index (χ0n) is 12.1. The van der Waals surface area contributed by atoms with Crippen molar-refractivity contribution in [3.05, 3.63) is 54.1 Å². The number of fused-ring (bicyclic) bond motifs is 1. The first-order valence-electron chi connectivity index (χ1n) is 7.18. The summed E-state index contributed by atoms with van der Waals surface area (Å²) in [4.78, 5) is 13.3. The van der Waals surface area contributed by atoms with E-state index in [9.17, 15) is 4.79 Å². The summed E-state index contributed by atoms with van der Waals surface area (Å²) in [5.41, 5.74) is 0.592. The summed E-state index contributed by atoms with van der Waals surface area (Å²) in [6.45, 7) is 1.69. The molecule has 2 aromatic carbocycles. The van der Waals surface area contributed by atoms with Gasteiger partial charge in [-0.2, -0.15) is 0 Å². The molecule has 1 N–H and O–H groups in total. The van der Waals surface area contributed by atoms with Crippen LogP contribution in [0.2, 0.25) is 0 Å². The van der Waals surface area contributed by atoms with Crippen LogP contribution in [0.5, 0.6) is 11.5 Å². The van der Waals surface area contributed by atoms with Gasteiger partial charge in [0.05, 0.1) is 0 Å². The van der Waals surface area contributed by atoms with Crippen LogP contribution in [0.4, 0.5) is 0 Å². The molecule has 3 rings (SSSR count). The fraction of sp³-hybridized carbons (Fsp3) is 0.235. The van der Waals surface area contributed by atoms with Crippen molar-refractivity contribution in [3.8, 4) is 11.5 Å². The molecule has 114 valence electrons. The number of amides is 1. The summed E-state index contributed by atoms with van der Waals surface area (Å²) in [7, 11) is 0. The number of rotatable bonds is 5. The lowest BCUT2D eigenvalue weighted by Gasteiger charge is -2.18. The highest BCUT2D eigenvalue weighted by molar-refractivity contribution is 7.99.